The molecule has 0 saturated heterocycles. The predicted molar refractivity (Wildman–Crippen MR) is 55.8 cm³/mol. The number of hydrogen-bond acceptors (Lipinski definition) is 2. The van der Waals surface area contributed by atoms with Crippen molar-refractivity contribution in [3.63, 3.8) is 0 Å². The molecule has 1 fully saturated rings. The van der Waals surface area contributed by atoms with E-state index < -0.39 is 0 Å². The molecular weight excluding hydrogens is 166 g/mol. The van der Waals surface area contributed by atoms with Gasteiger partial charge < -0.3 is 0 Å². The van der Waals surface area contributed by atoms with Crippen molar-refractivity contribution in [3.05, 3.63) is 0 Å². The second-order valence-corrected chi connectivity index (χ2v) is 3.92. The van der Waals surface area contributed by atoms with Crippen molar-refractivity contribution < 1.29 is 0 Å². The van der Waals surface area contributed by atoms with Crippen molar-refractivity contribution in [2.24, 2.45) is 4.99 Å². The Kier molecular flexibility index (Phi) is 3.90. The molecule has 0 radical (unpaired) electrons. The highest BCUT2D eigenvalue weighted by Crippen LogP contribution is 2.35. The first kappa shape index (κ1) is 9.88. The maximum Gasteiger partial charge on any atom is 0.0711 e. The normalized spacial score (nSPS) is 21.4. The summed E-state index contributed by atoms with van der Waals surface area (Å²) in [4.78, 5) is 4.37. The summed E-state index contributed by atoms with van der Waals surface area (Å²) in [6.07, 6.45) is 8.87. The first-order chi connectivity index (χ1) is 5.83. The molecule has 0 bridgehead atoms. The Hall–Kier alpha value is -0.200. The SMILES string of the molecule is CCCC1(N=C=S)CCCCC1. The standard InChI is InChI=1S/C10H17NS/c1-2-6-10(11-9-12)7-4-3-5-8-10/h2-8H2,1H3. The van der Waals surface area contributed by atoms with Crippen LogP contribution in [-0.4, -0.2) is 10.7 Å². The molecule has 0 amide bonds. The Morgan fingerprint density at radius 2 is 2.00 bits per heavy atom. The molecule has 68 valence electrons. The average Bonchev–Trinajstić information content (AvgIpc) is 2.07. The van der Waals surface area contributed by atoms with Crippen molar-refractivity contribution in [1.82, 2.24) is 0 Å². The third-order valence-corrected chi connectivity index (χ3v) is 2.87. The van der Waals surface area contributed by atoms with Gasteiger partial charge in [0.15, 0.2) is 0 Å². The summed E-state index contributed by atoms with van der Waals surface area (Å²) in [7, 11) is 0. The van der Waals surface area contributed by atoms with E-state index in [1.807, 2.05) is 0 Å². The number of hydrogen-bond donors (Lipinski definition) is 0. The molecule has 1 saturated carbocycles. The summed E-state index contributed by atoms with van der Waals surface area (Å²) in [6.45, 7) is 2.22. The molecule has 0 spiro atoms. The van der Waals surface area contributed by atoms with E-state index in [0.717, 1.165) is 0 Å². The van der Waals surface area contributed by atoms with Crippen molar-refractivity contribution in [2.45, 2.75) is 57.4 Å². The molecule has 1 nitrogen and oxygen atoms in total. The summed E-state index contributed by atoms with van der Waals surface area (Å²) < 4.78 is 0. The van der Waals surface area contributed by atoms with E-state index >= 15 is 0 Å². The van der Waals surface area contributed by atoms with Gasteiger partial charge in [0.1, 0.15) is 0 Å². The molecule has 0 aromatic heterocycles. The summed E-state index contributed by atoms with van der Waals surface area (Å²) in [5.74, 6) is 0. The molecule has 0 atom stereocenters. The minimum atomic E-state index is 0.189. The summed E-state index contributed by atoms with van der Waals surface area (Å²) >= 11 is 4.70. The van der Waals surface area contributed by atoms with Gasteiger partial charge in [0.2, 0.25) is 0 Å². The number of aliphatic imine (C=N–C) groups is 1. The minimum Gasteiger partial charge on any atom is -0.226 e. The van der Waals surface area contributed by atoms with Crippen LogP contribution in [0.2, 0.25) is 0 Å². The fourth-order valence-corrected chi connectivity index (χ4v) is 2.38. The topological polar surface area (TPSA) is 12.4 Å². The summed E-state index contributed by atoms with van der Waals surface area (Å²) in [5.41, 5.74) is 0.189. The van der Waals surface area contributed by atoms with E-state index in [9.17, 15) is 0 Å². The van der Waals surface area contributed by atoms with E-state index in [2.05, 4.69) is 17.1 Å². The van der Waals surface area contributed by atoms with E-state index in [1.54, 1.807) is 0 Å². The van der Waals surface area contributed by atoms with Crippen LogP contribution < -0.4 is 0 Å². The van der Waals surface area contributed by atoms with Gasteiger partial charge in [0.05, 0.1) is 10.7 Å². The van der Waals surface area contributed by atoms with E-state index in [-0.39, 0.29) is 5.54 Å². The second-order valence-electron chi connectivity index (χ2n) is 3.74. The Labute approximate surface area is 80.3 Å². The van der Waals surface area contributed by atoms with Crippen molar-refractivity contribution in [3.8, 4) is 0 Å². The Morgan fingerprint density at radius 1 is 1.33 bits per heavy atom. The van der Waals surface area contributed by atoms with Gasteiger partial charge >= 0.3 is 0 Å². The van der Waals surface area contributed by atoms with Crippen LogP contribution in [0.1, 0.15) is 51.9 Å². The molecule has 0 aromatic carbocycles. The number of rotatable bonds is 3. The molecule has 2 heteroatoms. The maximum atomic E-state index is 4.70. The Balaban J connectivity index is 2.62. The monoisotopic (exact) mass is 183 g/mol. The highest BCUT2D eigenvalue weighted by atomic mass is 32.1. The first-order valence-corrected chi connectivity index (χ1v) is 5.33. The smallest absolute Gasteiger partial charge is 0.0711 e. The van der Waals surface area contributed by atoms with Crippen molar-refractivity contribution >= 4 is 17.4 Å². The zero-order valence-corrected chi connectivity index (χ0v) is 8.62. The van der Waals surface area contributed by atoms with Gasteiger partial charge in [-0.3, -0.25) is 0 Å². The highest BCUT2D eigenvalue weighted by molar-refractivity contribution is 7.78. The fourth-order valence-electron chi connectivity index (χ4n) is 2.19. The van der Waals surface area contributed by atoms with Crippen LogP contribution in [-0.2, 0) is 0 Å². The zero-order chi connectivity index (χ0) is 8.86. The molecule has 0 unspecified atom stereocenters. The Bertz CT molecular complexity index is 171. The van der Waals surface area contributed by atoms with Gasteiger partial charge in [0.25, 0.3) is 0 Å². The van der Waals surface area contributed by atoms with Gasteiger partial charge in [-0.25, -0.2) is 4.99 Å². The quantitative estimate of drug-likeness (QED) is 0.481. The highest BCUT2D eigenvalue weighted by Gasteiger charge is 2.29. The van der Waals surface area contributed by atoms with Gasteiger partial charge in [-0.1, -0.05) is 32.6 Å². The van der Waals surface area contributed by atoms with Crippen LogP contribution in [0.3, 0.4) is 0 Å². The third-order valence-electron chi connectivity index (χ3n) is 2.78. The van der Waals surface area contributed by atoms with E-state index in [1.165, 1.54) is 44.9 Å². The molecule has 0 aromatic rings. The van der Waals surface area contributed by atoms with Crippen molar-refractivity contribution in [2.75, 3.05) is 0 Å². The molecular formula is C10H17NS. The average molecular weight is 183 g/mol. The maximum absolute atomic E-state index is 4.70. The largest absolute Gasteiger partial charge is 0.226 e. The third kappa shape index (κ3) is 2.40. The number of isothiocyanates is 1. The molecule has 12 heavy (non-hydrogen) atoms. The molecule has 1 aliphatic carbocycles. The van der Waals surface area contributed by atoms with Gasteiger partial charge in [-0.05, 0) is 31.5 Å². The van der Waals surface area contributed by atoms with E-state index in [0.29, 0.717) is 0 Å². The lowest BCUT2D eigenvalue weighted by atomic mass is 9.79. The lowest BCUT2D eigenvalue weighted by molar-refractivity contribution is 0.280. The molecule has 0 N–H and O–H groups in total. The zero-order valence-electron chi connectivity index (χ0n) is 7.81. The van der Waals surface area contributed by atoms with Gasteiger partial charge in [0, 0.05) is 0 Å². The second kappa shape index (κ2) is 4.74. The van der Waals surface area contributed by atoms with Crippen molar-refractivity contribution in [1.29, 1.82) is 0 Å². The molecule has 1 rings (SSSR count). The van der Waals surface area contributed by atoms with Crippen LogP contribution in [0.5, 0.6) is 0 Å². The lowest BCUT2D eigenvalue weighted by Crippen LogP contribution is -2.28. The minimum absolute atomic E-state index is 0.189. The number of thiocarbonyl (C=S) groups is 1. The van der Waals surface area contributed by atoms with Crippen LogP contribution >= 0.6 is 12.2 Å². The van der Waals surface area contributed by atoms with Gasteiger partial charge in [-0.15, -0.1) is 0 Å². The van der Waals surface area contributed by atoms with Crippen LogP contribution in [0.4, 0.5) is 0 Å². The summed E-state index contributed by atoms with van der Waals surface area (Å²) in [6, 6.07) is 0. The molecule has 1 aliphatic rings. The first-order valence-electron chi connectivity index (χ1n) is 4.92. The van der Waals surface area contributed by atoms with Crippen LogP contribution in [0, 0.1) is 0 Å². The summed E-state index contributed by atoms with van der Waals surface area (Å²) in [5, 5.41) is 2.57. The lowest BCUT2D eigenvalue weighted by Gasteiger charge is -2.32. The van der Waals surface area contributed by atoms with E-state index in [4.69, 9.17) is 12.2 Å². The van der Waals surface area contributed by atoms with Gasteiger partial charge in [-0.2, -0.15) is 0 Å². The predicted octanol–water partition coefficient (Wildman–Crippen LogP) is 3.59. The van der Waals surface area contributed by atoms with Crippen LogP contribution in [0.25, 0.3) is 0 Å². The Morgan fingerprint density at radius 3 is 2.50 bits per heavy atom. The number of nitrogens with zero attached hydrogens (tertiary/aromatic N) is 1. The molecule has 0 aliphatic heterocycles. The fraction of sp³-hybridized carbons (Fsp3) is 0.900. The molecule has 0 heterocycles. The van der Waals surface area contributed by atoms with Crippen LogP contribution in [0.15, 0.2) is 4.99 Å².